The molecule has 3 aromatic carbocycles. The van der Waals surface area contributed by atoms with E-state index in [0.29, 0.717) is 32.2 Å². The highest BCUT2D eigenvalue weighted by molar-refractivity contribution is 9.10. The summed E-state index contributed by atoms with van der Waals surface area (Å²) in [4.78, 5) is 25.6. The van der Waals surface area contributed by atoms with Crippen molar-refractivity contribution >= 4 is 51.2 Å². The van der Waals surface area contributed by atoms with E-state index in [2.05, 4.69) is 31.8 Å². The molecule has 0 heterocycles. The van der Waals surface area contributed by atoms with E-state index in [9.17, 15) is 9.59 Å². The quantitative estimate of drug-likeness (QED) is 0.336. The summed E-state index contributed by atoms with van der Waals surface area (Å²) in [6.07, 6.45) is 1.47. The number of nitrogens with one attached hydrogen (secondary N) is 2. The van der Waals surface area contributed by atoms with E-state index in [1.54, 1.807) is 60.7 Å². The molecule has 0 aliphatic heterocycles. The topological polar surface area (TPSA) is 89.0 Å². The number of hydrogen-bond donors (Lipinski definition) is 2. The minimum absolute atomic E-state index is 0.228. The predicted molar refractivity (Wildman–Crippen MR) is 128 cm³/mol. The molecule has 0 saturated heterocycles. The van der Waals surface area contributed by atoms with Crippen molar-refractivity contribution in [3.63, 3.8) is 0 Å². The van der Waals surface area contributed by atoms with Crippen molar-refractivity contribution < 1.29 is 19.1 Å². The molecular formula is C23H19BrClN3O4. The molecule has 0 unspecified atom stereocenters. The lowest BCUT2D eigenvalue weighted by molar-refractivity contribution is 0.0956. The first-order chi connectivity index (χ1) is 15.4. The van der Waals surface area contributed by atoms with Gasteiger partial charge in [0.15, 0.2) is 0 Å². The third-order valence-electron chi connectivity index (χ3n) is 4.32. The lowest BCUT2D eigenvalue weighted by Gasteiger charge is -2.12. The fraction of sp³-hybridized carbons (Fsp3) is 0.0870. The molecular weight excluding hydrogens is 498 g/mol. The van der Waals surface area contributed by atoms with Crippen LogP contribution in [0.4, 0.5) is 5.69 Å². The van der Waals surface area contributed by atoms with Crippen LogP contribution in [0.3, 0.4) is 0 Å². The van der Waals surface area contributed by atoms with E-state index in [1.165, 1.54) is 20.4 Å². The molecule has 0 aliphatic rings. The number of carbonyl (C=O) groups is 2. The molecule has 2 N–H and O–H groups in total. The maximum absolute atomic E-state index is 12.8. The molecule has 0 saturated carbocycles. The van der Waals surface area contributed by atoms with Crippen LogP contribution < -0.4 is 20.2 Å². The van der Waals surface area contributed by atoms with Crippen molar-refractivity contribution in [1.82, 2.24) is 5.43 Å². The molecule has 3 aromatic rings. The molecule has 0 radical (unpaired) electrons. The fourth-order valence-corrected chi connectivity index (χ4v) is 3.32. The zero-order valence-electron chi connectivity index (χ0n) is 17.2. The predicted octanol–water partition coefficient (Wildman–Crippen LogP) is 5.14. The molecule has 2 amide bonds. The molecule has 0 aromatic heterocycles. The second kappa shape index (κ2) is 10.8. The van der Waals surface area contributed by atoms with Gasteiger partial charge in [0.1, 0.15) is 11.5 Å². The van der Waals surface area contributed by atoms with Gasteiger partial charge in [-0.3, -0.25) is 9.59 Å². The van der Waals surface area contributed by atoms with E-state index < -0.39 is 11.8 Å². The Bertz CT molecular complexity index is 1160. The number of benzene rings is 3. The highest BCUT2D eigenvalue weighted by Gasteiger charge is 2.16. The third-order valence-corrected chi connectivity index (χ3v) is 5.04. The Kier molecular flexibility index (Phi) is 7.86. The number of hydrogen-bond acceptors (Lipinski definition) is 5. The number of halogens is 2. The van der Waals surface area contributed by atoms with Crippen LogP contribution in [-0.4, -0.2) is 32.2 Å². The highest BCUT2D eigenvalue weighted by Crippen LogP contribution is 2.25. The van der Waals surface area contributed by atoms with Crippen LogP contribution in [-0.2, 0) is 0 Å². The molecule has 164 valence electrons. The molecule has 0 aliphatic carbocycles. The summed E-state index contributed by atoms with van der Waals surface area (Å²) in [7, 11) is 3.00. The second-order valence-corrected chi connectivity index (χ2v) is 7.85. The van der Waals surface area contributed by atoms with E-state index in [1.807, 2.05) is 0 Å². The van der Waals surface area contributed by atoms with Gasteiger partial charge in [0, 0.05) is 21.1 Å². The molecule has 32 heavy (non-hydrogen) atoms. The third kappa shape index (κ3) is 6.09. The van der Waals surface area contributed by atoms with Crippen molar-refractivity contribution in [2.75, 3.05) is 19.5 Å². The van der Waals surface area contributed by atoms with Crippen molar-refractivity contribution in [3.8, 4) is 11.5 Å². The lowest BCUT2D eigenvalue weighted by Crippen LogP contribution is -2.21. The Balaban J connectivity index is 1.80. The molecule has 0 atom stereocenters. The van der Waals surface area contributed by atoms with Crippen molar-refractivity contribution in [2.24, 2.45) is 5.10 Å². The van der Waals surface area contributed by atoms with E-state index in [-0.39, 0.29) is 5.56 Å². The van der Waals surface area contributed by atoms with Crippen LogP contribution in [0.15, 0.2) is 70.2 Å². The zero-order valence-corrected chi connectivity index (χ0v) is 19.5. The Labute approximate surface area is 198 Å². The molecule has 0 spiro atoms. The smallest absolute Gasteiger partial charge is 0.273 e. The average Bonchev–Trinajstić information content (AvgIpc) is 2.79. The van der Waals surface area contributed by atoms with Gasteiger partial charge in [-0.1, -0.05) is 39.7 Å². The summed E-state index contributed by atoms with van der Waals surface area (Å²) in [6, 6.07) is 16.8. The summed E-state index contributed by atoms with van der Waals surface area (Å²) >= 11 is 9.29. The van der Waals surface area contributed by atoms with Crippen LogP contribution in [0.25, 0.3) is 0 Å². The highest BCUT2D eigenvalue weighted by atomic mass is 79.9. The lowest BCUT2D eigenvalue weighted by atomic mass is 10.1. The van der Waals surface area contributed by atoms with E-state index in [4.69, 9.17) is 21.1 Å². The maximum atomic E-state index is 12.8. The van der Waals surface area contributed by atoms with Crippen LogP contribution in [0.5, 0.6) is 11.5 Å². The van der Waals surface area contributed by atoms with Crippen molar-refractivity contribution in [2.45, 2.75) is 0 Å². The number of ether oxygens (including phenoxy) is 2. The van der Waals surface area contributed by atoms with Gasteiger partial charge in [-0.05, 0) is 48.0 Å². The number of carbonyl (C=O) groups excluding carboxylic acids is 2. The summed E-state index contributed by atoms with van der Waals surface area (Å²) in [6.45, 7) is 0. The number of methoxy groups -OCH3 is 2. The van der Waals surface area contributed by atoms with Gasteiger partial charge >= 0.3 is 0 Å². The maximum Gasteiger partial charge on any atom is 0.273 e. The minimum atomic E-state index is -0.497. The normalized spacial score (nSPS) is 10.6. The Hall–Kier alpha value is -3.36. The van der Waals surface area contributed by atoms with Gasteiger partial charge in [0.05, 0.1) is 31.7 Å². The first-order valence-corrected chi connectivity index (χ1v) is 10.5. The van der Waals surface area contributed by atoms with E-state index in [0.717, 1.165) is 5.56 Å². The standard InChI is InChI=1S/C23H19BrClN3O4/c1-31-18-9-15(10-19(12-18)32-2)22(29)27-21-7-6-16(24)11-20(21)23(30)28-26-13-14-4-3-5-17(25)8-14/h3-13H,1-2H3,(H,27,29)(H,28,30)/b26-13+. The fourth-order valence-electron chi connectivity index (χ4n) is 2.76. The monoisotopic (exact) mass is 515 g/mol. The molecule has 7 nitrogen and oxygen atoms in total. The first-order valence-electron chi connectivity index (χ1n) is 9.32. The molecule has 3 rings (SSSR count). The van der Waals surface area contributed by atoms with Gasteiger partial charge in [-0.2, -0.15) is 5.10 Å². The van der Waals surface area contributed by atoms with Crippen molar-refractivity contribution in [3.05, 3.63) is 86.8 Å². The van der Waals surface area contributed by atoms with Gasteiger partial charge in [-0.25, -0.2) is 5.43 Å². The molecule has 9 heteroatoms. The zero-order chi connectivity index (χ0) is 23.1. The van der Waals surface area contributed by atoms with Gasteiger partial charge in [-0.15, -0.1) is 0 Å². The van der Waals surface area contributed by atoms with Crippen molar-refractivity contribution in [1.29, 1.82) is 0 Å². The van der Waals surface area contributed by atoms with E-state index >= 15 is 0 Å². The summed E-state index contributed by atoms with van der Waals surface area (Å²) in [5.41, 5.74) is 4.05. The summed E-state index contributed by atoms with van der Waals surface area (Å²) in [5, 5.41) is 7.28. The van der Waals surface area contributed by atoms with Crippen LogP contribution in [0.2, 0.25) is 5.02 Å². The average molecular weight is 517 g/mol. The summed E-state index contributed by atoms with van der Waals surface area (Å²) in [5.74, 6) is 0.0151. The SMILES string of the molecule is COc1cc(OC)cc(C(=O)Nc2ccc(Br)cc2C(=O)N/N=C/c2cccc(Cl)c2)c1. The largest absolute Gasteiger partial charge is 0.497 e. The van der Waals surface area contributed by atoms with Crippen LogP contribution in [0.1, 0.15) is 26.3 Å². The van der Waals surface area contributed by atoms with Gasteiger partial charge < -0.3 is 14.8 Å². The van der Waals surface area contributed by atoms with Crippen LogP contribution >= 0.6 is 27.5 Å². The Morgan fingerprint density at radius 1 is 0.969 bits per heavy atom. The molecule has 0 bridgehead atoms. The number of rotatable bonds is 7. The Morgan fingerprint density at radius 3 is 2.34 bits per heavy atom. The summed E-state index contributed by atoms with van der Waals surface area (Å²) < 4.78 is 11.1. The second-order valence-electron chi connectivity index (χ2n) is 6.50. The molecule has 0 fully saturated rings. The van der Waals surface area contributed by atoms with Gasteiger partial charge in [0.2, 0.25) is 0 Å². The number of amides is 2. The first kappa shape index (κ1) is 23.3. The number of hydrazone groups is 1. The number of anilines is 1. The van der Waals surface area contributed by atoms with Crippen LogP contribution in [0, 0.1) is 0 Å². The number of nitrogens with zero attached hydrogens (tertiary/aromatic N) is 1. The van der Waals surface area contributed by atoms with Gasteiger partial charge in [0.25, 0.3) is 11.8 Å². The Morgan fingerprint density at radius 2 is 1.69 bits per heavy atom. The minimum Gasteiger partial charge on any atom is -0.497 e.